The third kappa shape index (κ3) is 3.28. The van der Waals surface area contributed by atoms with Gasteiger partial charge in [0.2, 0.25) is 5.56 Å². The van der Waals surface area contributed by atoms with Gasteiger partial charge in [-0.25, -0.2) is 0 Å². The fourth-order valence-corrected chi connectivity index (χ4v) is 5.41. The van der Waals surface area contributed by atoms with Crippen molar-refractivity contribution >= 4 is 17.2 Å². The van der Waals surface area contributed by atoms with E-state index in [1.807, 2.05) is 4.90 Å². The van der Waals surface area contributed by atoms with Crippen molar-refractivity contribution in [1.29, 1.82) is 0 Å². The molecular formula is C21H20N4O3S. The summed E-state index contributed by atoms with van der Waals surface area (Å²) in [5.41, 5.74) is 1.92. The van der Waals surface area contributed by atoms with Crippen LogP contribution in [0.4, 0.5) is 0 Å². The lowest BCUT2D eigenvalue weighted by Gasteiger charge is -2.44. The molecule has 8 heteroatoms. The summed E-state index contributed by atoms with van der Waals surface area (Å²) in [6, 6.07) is 5.20. The summed E-state index contributed by atoms with van der Waals surface area (Å²) in [5, 5.41) is 0. The van der Waals surface area contributed by atoms with Gasteiger partial charge in [0.05, 0.1) is 29.0 Å². The summed E-state index contributed by atoms with van der Waals surface area (Å²) in [6.45, 7) is 1.89. The monoisotopic (exact) mass is 408 g/mol. The zero-order valence-electron chi connectivity index (χ0n) is 15.8. The molecule has 29 heavy (non-hydrogen) atoms. The largest absolute Gasteiger partial charge is 0.370 e. The molecule has 1 spiro atoms. The third-order valence-corrected chi connectivity index (χ3v) is 6.92. The maximum absolute atomic E-state index is 12.8. The fourth-order valence-electron chi connectivity index (χ4n) is 4.21. The number of aromatic nitrogens is 3. The molecule has 0 bridgehead atoms. The predicted molar refractivity (Wildman–Crippen MR) is 109 cm³/mol. The quantitative estimate of drug-likeness (QED) is 0.704. The number of nitrogens with zero attached hydrogens (tertiary/aromatic N) is 3. The van der Waals surface area contributed by atoms with Crippen molar-refractivity contribution in [2.45, 2.75) is 24.9 Å². The van der Waals surface area contributed by atoms with Gasteiger partial charge in [0.15, 0.2) is 0 Å². The maximum atomic E-state index is 12.8. The standard InChI is InChI=1S/C21H20N4O3S/c26-19-11-14(1-5-24-19)20(27)25-8-3-21(4-9-25)15-12-18(16-13-22-6-7-23-16)29-17(15)2-10-28-21/h1,5-7,11-13H,2-4,8-10H2,(H,24,26). The molecule has 3 aromatic rings. The molecule has 1 amide bonds. The number of amides is 1. The van der Waals surface area contributed by atoms with Crippen LogP contribution in [0.25, 0.3) is 10.6 Å². The number of fused-ring (bicyclic) bond motifs is 2. The first-order chi connectivity index (χ1) is 14.1. The SMILES string of the molecule is O=C(c1cc[nH]c(=O)c1)N1CCC2(CC1)OCCc1sc(-c3cnccn3)cc12. The smallest absolute Gasteiger partial charge is 0.254 e. The average Bonchev–Trinajstić information content (AvgIpc) is 3.21. The summed E-state index contributed by atoms with van der Waals surface area (Å²) in [5.74, 6) is -0.104. The fraction of sp³-hybridized carbons (Fsp3) is 0.333. The first-order valence-corrected chi connectivity index (χ1v) is 10.5. The molecule has 0 radical (unpaired) electrons. The van der Waals surface area contributed by atoms with Crippen molar-refractivity contribution in [2.24, 2.45) is 0 Å². The van der Waals surface area contributed by atoms with E-state index in [9.17, 15) is 9.59 Å². The molecule has 3 aromatic heterocycles. The number of carbonyl (C=O) groups excluding carboxylic acids is 1. The van der Waals surface area contributed by atoms with Crippen LogP contribution in [0, 0.1) is 0 Å². The van der Waals surface area contributed by atoms with Crippen LogP contribution in [0.3, 0.4) is 0 Å². The summed E-state index contributed by atoms with van der Waals surface area (Å²) in [4.78, 5) is 39.7. The van der Waals surface area contributed by atoms with Crippen molar-refractivity contribution in [3.05, 3.63) is 69.3 Å². The molecule has 0 aromatic carbocycles. The number of hydrogen-bond acceptors (Lipinski definition) is 6. The first kappa shape index (κ1) is 18.2. The molecule has 5 heterocycles. The first-order valence-electron chi connectivity index (χ1n) is 9.66. The molecule has 148 valence electrons. The van der Waals surface area contributed by atoms with Gasteiger partial charge in [-0.3, -0.25) is 19.6 Å². The molecule has 0 unspecified atom stereocenters. The Labute approximate surface area is 171 Å². The van der Waals surface area contributed by atoms with E-state index in [0.717, 1.165) is 29.8 Å². The van der Waals surface area contributed by atoms with Gasteiger partial charge < -0.3 is 14.6 Å². The summed E-state index contributed by atoms with van der Waals surface area (Å²) in [6.07, 6.45) is 9.06. The van der Waals surface area contributed by atoms with Crippen LogP contribution in [0.5, 0.6) is 0 Å². The van der Waals surface area contributed by atoms with Gasteiger partial charge in [-0.2, -0.15) is 0 Å². The molecule has 1 N–H and O–H groups in total. The normalized spacial score (nSPS) is 17.9. The Morgan fingerprint density at radius 1 is 1.24 bits per heavy atom. The van der Waals surface area contributed by atoms with E-state index < -0.39 is 0 Å². The highest BCUT2D eigenvalue weighted by atomic mass is 32.1. The van der Waals surface area contributed by atoms with Gasteiger partial charge >= 0.3 is 0 Å². The highest BCUT2D eigenvalue weighted by molar-refractivity contribution is 7.15. The minimum atomic E-state index is -0.352. The molecule has 7 nitrogen and oxygen atoms in total. The van der Waals surface area contributed by atoms with Gasteiger partial charge in [-0.15, -0.1) is 11.3 Å². The number of aromatic amines is 1. The Hall–Kier alpha value is -2.84. The number of piperidine rings is 1. The van der Waals surface area contributed by atoms with Gasteiger partial charge in [0.1, 0.15) is 0 Å². The molecule has 5 rings (SSSR count). The van der Waals surface area contributed by atoms with Crippen LogP contribution >= 0.6 is 11.3 Å². The molecule has 0 saturated carbocycles. The number of nitrogens with one attached hydrogen (secondary N) is 1. The lowest BCUT2D eigenvalue weighted by atomic mass is 9.82. The van der Waals surface area contributed by atoms with Crippen LogP contribution in [-0.4, -0.2) is 45.5 Å². The number of rotatable bonds is 2. The van der Waals surface area contributed by atoms with Crippen molar-refractivity contribution in [1.82, 2.24) is 19.9 Å². The van der Waals surface area contributed by atoms with E-state index in [4.69, 9.17) is 4.74 Å². The number of H-pyrrole nitrogens is 1. The Kier molecular flexibility index (Phi) is 4.52. The number of pyridine rings is 1. The number of likely N-dealkylation sites (tertiary alicyclic amines) is 1. The van der Waals surface area contributed by atoms with Crippen LogP contribution in [-0.2, 0) is 16.8 Å². The van der Waals surface area contributed by atoms with Crippen LogP contribution < -0.4 is 5.56 Å². The van der Waals surface area contributed by atoms with Crippen molar-refractivity contribution < 1.29 is 9.53 Å². The van der Waals surface area contributed by atoms with Crippen molar-refractivity contribution in [3.8, 4) is 10.6 Å². The molecule has 2 aliphatic rings. The lowest BCUT2D eigenvalue weighted by molar-refractivity contribution is -0.0926. The van der Waals surface area contributed by atoms with Crippen molar-refractivity contribution in [2.75, 3.05) is 19.7 Å². The summed E-state index contributed by atoms with van der Waals surface area (Å²) < 4.78 is 6.31. The van der Waals surface area contributed by atoms with E-state index >= 15 is 0 Å². The highest BCUT2D eigenvalue weighted by Gasteiger charge is 2.43. The number of ether oxygens (including phenoxy) is 1. The van der Waals surface area contributed by atoms with E-state index in [1.54, 1.807) is 36.0 Å². The van der Waals surface area contributed by atoms with Crippen molar-refractivity contribution in [3.63, 3.8) is 0 Å². The Bertz CT molecular complexity index is 1100. The summed E-state index contributed by atoms with van der Waals surface area (Å²) >= 11 is 1.76. The molecule has 0 aliphatic carbocycles. The van der Waals surface area contributed by atoms with Gasteiger partial charge in [-0.05, 0) is 30.5 Å². The molecule has 1 fully saturated rings. The van der Waals surface area contributed by atoms with Gasteiger partial charge in [-0.1, -0.05) is 0 Å². The van der Waals surface area contributed by atoms with Crippen LogP contribution in [0.15, 0.2) is 47.8 Å². The van der Waals surface area contributed by atoms with E-state index in [-0.39, 0.29) is 17.1 Å². The average molecular weight is 408 g/mol. The predicted octanol–water partition coefficient (Wildman–Crippen LogP) is 2.60. The highest BCUT2D eigenvalue weighted by Crippen LogP contribution is 2.46. The van der Waals surface area contributed by atoms with Crippen LogP contribution in [0.2, 0.25) is 0 Å². The zero-order valence-corrected chi connectivity index (χ0v) is 16.6. The minimum Gasteiger partial charge on any atom is -0.370 e. The lowest BCUT2D eigenvalue weighted by Crippen LogP contribution is -2.48. The second-order valence-electron chi connectivity index (χ2n) is 7.36. The topological polar surface area (TPSA) is 88.2 Å². The zero-order chi connectivity index (χ0) is 19.8. The molecular weight excluding hydrogens is 388 g/mol. The minimum absolute atomic E-state index is 0.104. The Balaban J connectivity index is 1.38. The number of carbonyl (C=O) groups is 1. The maximum Gasteiger partial charge on any atom is 0.254 e. The Morgan fingerprint density at radius 2 is 2.10 bits per heavy atom. The van der Waals surface area contributed by atoms with Gasteiger partial charge in [0.25, 0.3) is 5.91 Å². The summed E-state index contributed by atoms with van der Waals surface area (Å²) in [7, 11) is 0. The van der Waals surface area contributed by atoms with Gasteiger partial charge in [0, 0.05) is 54.6 Å². The second-order valence-corrected chi connectivity index (χ2v) is 8.50. The number of hydrogen-bond donors (Lipinski definition) is 1. The van der Waals surface area contributed by atoms with E-state index in [1.165, 1.54) is 22.7 Å². The molecule has 0 atom stereocenters. The Morgan fingerprint density at radius 3 is 2.86 bits per heavy atom. The van der Waals surface area contributed by atoms with E-state index in [2.05, 4.69) is 21.0 Å². The third-order valence-electron chi connectivity index (χ3n) is 5.70. The van der Waals surface area contributed by atoms with Crippen LogP contribution in [0.1, 0.15) is 33.6 Å². The molecule has 2 aliphatic heterocycles. The molecule has 1 saturated heterocycles. The number of thiophene rings is 1. The second kappa shape index (κ2) is 7.20. The van der Waals surface area contributed by atoms with E-state index in [0.29, 0.717) is 25.3 Å².